The molecule has 0 aliphatic heterocycles. The summed E-state index contributed by atoms with van der Waals surface area (Å²) in [5, 5.41) is 0. The lowest BCUT2D eigenvalue weighted by Crippen LogP contribution is -2.01. The molecule has 0 fully saturated rings. The summed E-state index contributed by atoms with van der Waals surface area (Å²) >= 11 is 3.99. The Bertz CT molecular complexity index is 411. The van der Waals surface area contributed by atoms with Crippen molar-refractivity contribution in [1.82, 2.24) is 0 Å². The molecule has 0 bridgehead atoms. The zero-order chi connectivity index (χ0) is 10.1. The van der Waals surface area contributed by atoms with Gasteiger partial charge in [0.2, 0.25) is 0 Å². The third-order valence-electron chi connectivity index (χ3n) is 1.43. The van der Waals surface area contributed by atoms with Crippen molar-refractivity contribution in [1.29, 1.82) is 0 Å². The molecule has 0 saturated carbocycles. The number of rotatable bonds is 2. The van der Waals surface area contributed by atoms with Crippen LogP contribution in [0.4, 0.5) is 0 Å². The Morgan fingerprint density at radius 3 is 2.54 bits per heavy atom. The van der Waals surface area contributed by atoms with E-state index >= 15 is 0 Å². The second kappa shape index (κ2) is 3.57. The molecule has 1 rings (SSSR count). The van der Waals surface area contributed by atoms with Gasteiger partial charge >= 0.3 is 0 Å². The molecule has 1 N–H and O–H groups in total. The molecule has 0 amide bonds. The van der Waals surface area contributed by atoms with E-state index in [1.807, 2.05) is 0 Å². The first-order chi connectivity index (χ1) is 5.95. The predicted octanol–water partition coefficient (Wildman–Crippen LogP) is 1.23. The highest BCUT2D eigenvalue weighted by atomic mass is 32.2. The van der Waals surface area contributed by atoms with Gasteiger partial charge in [-0.2, -0.15) is 8.42 Å². The van der Waals surface area contributed by atoms with Gasteiger partial charge in [-0.05, 0) is 18.2 Å². The summed E-state index contributed by atoms with van der Waals surface area (Å²) < 4.78 is 35.1. The summed E-state index contributed by atoms with van der Waals surface area (Å²) in [4.78, 5) is 0.303. The average molecular weight is 220 g/mol. The van der Waals surface area contributed by atoms with Crippen molar-refractivity contribution >= 4 is 22.7 Å². The summed E-state index contributed by atoms with van der Waals surface area (Å²) in [5.74, 6) is 0.0787. The topological polar surface area (TPSA) is 63.6 Å². The average Bonchev–Trinajstić information content (AvgIpc) is 2.01. The number of hydrogen-bond acceptors (Lipinski definition) is 4. The molecule has 0 unspecified atom stereocenters. The molecule has 0 saturated heterocycles. The minimum absolute atomic E-state index is 0.0787. The number of thiol groups is 1. The van der Waals surface area contributed by atoms with Crippen molar-refractivity contribution in [3.05, 3.63) is 18.2 Å². The first-order valence-electron chi connectivity index (χ1n) is 3.29. The SMILES string of the molecule is COc1cc(S)ccc1S(=O)(=O)O. The third kappa shape index (κ3) is 2.36. The van der Waals surface area contributed by atoms with Crippen molar-refractivity contribution in [2.45, 2.75) is 9.79 Å². The van der Waals surface area contributed by atoms with Crippen LogP contribution in [-0.4, -0.2) is 20.1 Å². The second-order valence-electron chi connectivity index (χ2n) is 2.31. The Hall–Kier alpha value is -0.720. The van der Waals surface area contributed by atoms with Crippen LogP contribution in [0.1, 0.15) is 0 Å². The number of methoxy groups -OCH3 is 1. The molecule has 0 aliphatic rings. The highest BCUT2D eigenvalue weighted by Crippen LogP contribution is 2.25. The van der Waals surface area contributed by atoms with Gasteiger partial charge < -0.3 is 4.74 Å². The van der Waals surface area contributed by atoms with Crippen LogP contribution in [0.15, 0.2) is 28.0 Å². The fraction of sp³-hybridized carbons (Fsp3) is 0.143. The van der Waals surface area contributed by atoms with Crippen LogP contribution in [0, 0.1) is 0 Å². The Morgan fingerprint density at radius 2 is 2.08 bits per heavy atom. The maximum atomic E-state index is 10.8. The summed E-state index contributed by atoms with van der Waals surface area (Å²) in [5.41, 5.74) is 0. The molecule has 0 aliphatic carbocycles. The molecule has 6 heteroatoms. The van der Waals surface area contributed by atoms with Gasteiger partial charge in [-0.25, -0.2) is 0 Å². The van der Waals surface area contributed by atoms with E-state index in [4.69, 9.17) is 9.29 Å². The van der Waals surface area contributed by atoms with Crippen molar-refractivity contribution in [2.75, 3.05) is 7.11 Å². The molecule has 13 heavy (non-hydrogen) atoms. The van der Waals surface area contributed by atoms with Crippen molar-refractivity contribution in [3.63, 3.8) is 0 Å². The lowest BCUT2D eigenvalue weighted by molar-refractivity contribution is 0.396. The van der Waals surface area contributed by atoms with Crippen molar-refractivity contribution in [2.24, 2.45) is 0 Å². The Morgan fingerprint density at radius 1 is 1.46 bits per heavy atom. The van der Waals surface area contributed by atoms with Crippen LogP contribution >= 0.6 is 12.6 Å². The fourth-order valence-electron chi connectivity index (χ4n) is 0.869. The Kier molecular flexibility index (Phi) is 2.84. The van der Waals surface area contributed by atoms with Crippen LogP contribution in [0.25, 0.3) is 0 Å². The van der Waals surface area contributed by atoms with Crippen LogP contribution < -0.4 is 4.74 Å². The largest absolute Gasteiger partial charge is 0.495 e. The van der Waals surface area contributed by atoms with Gasteiger partial charge in [0.05, 0.1) is 7.11 Å². The molecule has 0 heterocycles. The standard InChI is InChI=1S/C7H8O4S2/c1-11-6-4-5(12)2-3-7(6)13(8,9)10/h2-4,12H,1H3,(H,8,9,10). The van der Waals surface area contributed by atoms with Gasteiger partial charge in [-0.3, -0.25) is 4.55 Å². The smallest absolute Gasteiger partial charge is 0.298 e. The summed E-state index contributed by atoms with van der Waals surface area (Å²) in [6, 6.07) is 4.09. The highest BCUT2D eigenvalue weighted by Gasteiger charge is 2.15. The molecule has 0 aromatic heterocycles. The normalized spacial score (nSPS) is 11.3. The van der Waals surface area contributed by atoms with E-state index in [1.165, 1.54) is 25.3 Å². The maximum absolute atomic E-state index is 10.8. The van der Waals surface area contributed by atoms with Crippen LogP contribution in [0.3, 0.4) is 0 Å². The number of benzene rings is 1. The summed E-state index contributed by atoms with van der Waals surface area (Å²) in [6.07, 6.45) is 0. The lowest BCUT2D eigenvalue weighted by Gasteiger charge is -2.05. The van der Waals surface area contributed by atoms with Gasteiger partial charge in [-0.15, -0.1) is 12.6 Å². The van der Waals surface area contributed by atoms with E-state index in [-0.39, 0.29) is 10.6 Å². The molecular weight excluding hydrogens is 212 g/mol. The van der Waals surface area contributed by atoms with Crippen LogP contribution in [0.2, 0.25) is 0 Å². The maximum Gasteiger partial charge on any atom is 0.298 e. The molecule has 72 valence electrons. The first kappa shape index (κ1) is 10.4. The van der Waals surface area contributed by atoms with E-state index in [9.17, 15) is 8.42 Å². The molecule has 1 aromatic rings. The molecule has 0 radical (unpaired) electrons. The zero-order valence-electron chi connectivity index (χ0n) is 6.76. The second-order valence-corrected chi connectivity index (χ2v) is 4.22. The number of ether oxygens (including phenoxy) is 1. The van der Waals surface area contributed by atoms with Crippen LogP contribution in [-0.2, 0) is 10.1 Å². The quantitative estimate of drug-likeness (QED) is 0.581. The summed E-state index contributed by atoms with van der Waals surface area (Å²) in [7, 11) is -2.90. The monoisotopic (exact) mass is 220 g/mol. The predicted molar refractivity (Wildman–Crippen MR) is 50.1 cm³/mol. The molecule has 1 aromatic carbocycles. The minimum Gasteiger partial charge on any atom is -0.495 e. The van der Waals surface area contributed by atoms with Gasteiger partial charge in [-0.1, -0.05) is 0 Å². The van der Waals surface area contributed by atoms with E-state index in [0.717, 1.165) is 0 Å². The van der Waals surface area contributed by atoms with E-state index in [1.54, 1.807) is 0 Å². The van der Waals surface area contributed by atoms with Gasteiger partial charge in [0, 0.05) is 4.90 Å². The lowest BCUT2D eigenvalue weighted by atomic mass is 10.3. The molecule has 0 atom stereocenters. The zero-order valence-corrected chi connectivity index (χ0v) is 8.47. The fourth-order valence-corrected chi connectivity index (χ4v) is 1.70. The first-order valence-corrected chi connectivity index (χ1v) is 5.18. The van der Waals surface area contributed by atoms with Gasteiger partial charge in [0.15, 0.2) is 0 Å². The molecular formula is C7H8O4S2. The highest BCUT2D eigenvalue weighted by molar-refractivity contribution is 7.86. The third-order valence-corrected chi connectivity index (χ3v) is 2.60. The Balaban J connectivity index is 3.39. The summed E-state index contributed by atoms with van der Waals surface area (Å²) in [6.45, 7) is 0. The van der Waals surface area contributed by atoms with Gasteiger partial charge in [0.1, 0.15) is 10.6 Å². The van der Waals surface area contributed by atoms with Crippen molar-refractivity contribution in [3.8, 4) is 5.75 Å². The molecule has 0 spiro atoms. The minimum atomic E-state index is -4.22. The Labute approximate surface area is 81.7 Å². The van der Waals surface area contributed by atoms with Crippen molar-refractivity contribution < 1.29 is 17.7 Å². The van der Waals surface area contributed by atoms with E-state index < -0.39 is 10.1 Å². The van der Waals surface area contributed by atoms with E-state index in [0.29, 0.717) is 4.90 Å². The van der Waals surface area contributed by atoms with Crippen LogP contribution in [0.5, 0.6) is 5.75 Å². The van der Waals surface area contributed by atoms with E-state index in [2.05, 4.69) is 12.6 Å². The number of hydrogen-bond donors (Lipinski definition) is 2. The van der Waals surface area contributed by atoms with Gasteiger partial charge in [0.25, 0.3) is 10.1 Å². The molecule has 4 nitrogen and oxygen atoms in total.